The normalized spacial score (nSPS) is 16.9. The molecule has 11 heavy (non-hydrogen) atoms. The zero-order chi connectivity index (χ0) is 8.85. The minimum atomic E-state index is 0.347. The molecule has 0 aromatic rings. The van der Waals surface area contributed by atoms with E-state index < -0.39 is 0 Å². The summed E-state index contributed by atoms with van der Waals surface area (Å²) >= 11 is 0. The second kappa shape index (κ2) is 5.56. The summed E-state index contributed by atoms with van der Waals surface area (Å²) in [4.78, 5) is 5.46. The van der Waals surface area contributed by atoms with E-state index in [-0.39, 0.29) is 0 Å². The summed E-state index contributed by atoms with van der Waals surface area (Å²) in [6.45, 7) is 6.59. The maximum atomic E-state index is 5.46. The highest BCUT2D eigenvalue weighted by molar-refractivity contribution is 4.55. The second-order valence-corrected chi connectivity index (χ2v) is 3.48. The van der Waals surface area contributed by atoms with Crippen LogP contribution in [0.1, 0.15) is 33.6 Å². The summed E-state index contributed by atoms with van der Waals surface area (Å²) in [5, 5.41) is 1.77. The number of hydrogen-bond donors (Lipinski definition) is 0. The van der Waals surface area contributed by atoms with Gasteiger partial charge in [-0.15, -0.1) is 0 Å². The van der Waals surface area contributed by atoms with Crippen LogP contribution < -0.4 is 0 Å². The molecule has 0 aliphatic heterocycles. The topological polar surface area (TPSA) is 12.5 Å². The van der Waals surface area contributed by atoms with E-state index in [9.17, 15) is 0 Å². The van der Waals surface area contributed by atoms with E-state index in [1.54, 1.807) is 5.06 Å². The maximum Gasteiger partial charge on any atom is 0.0767 e. The summed E-state index contributed by atoms with van der Waals surface area (Å²) in [6.07, 6.45) is 2.73. The summed E-state index contributed by atoms with van der Waals surface area (Å²) < 4.78 is 0. The van der Waals surface area contributed by atoms with Crippen molar-refractivity contribution in [3.63, 3.8) is 0 Å². The van der Waals surface area contributed by atoms with Crippen LogP contribution in [0.5, 0.6) is 0 Å². The minimum Gasteiger partial charge on any atom is -0.297 e. The Hall–Kier alpha value is -0.0800. The third kappa shape index (κ3) is 6.32. The van der Waals surface area contributed by atoms with Crippen LogP contribution in [0.3, 0.4) is 0 Å². The Kier molecular flexibility index (Phi) is 5.51. The highest BCUT2D eigenvalue weighted by atomic mass is 16.7. The molecule has 0 saturated carbocycles. The first-order chi connectivity index (χ1) is 5.06. The van der Waals surface area contributed by atoms with Gasteiger partial charge < -0.3 is 0 Å². The third-order valence-corrected chi connectivity index (χ3v) is 1.82. The average Bonchev–Trinajstić information content (AvgIpc) is 1.85. The highest BCUT2D eigenvalue weighted by Gasteiger charge is 2.07. The van der Waals surface area contributed by atoms with Crippen LogP contribution in [-0.2, 0) is 4.84 Å². The molecule has 2 heteroatoms. The van der Waals surface area contributed by atoms with E-state index in [2.05, 4.69) is 20.8 Å². The Morgan fingerprint density at radius 1 is 1.27 bits per heavy atom. The predicted octanol–water partition coefficient (Wildman–Crippen LogP) is 2.30. The molecule has 0 spiro atoms. The fourth-order valence-electron chi connectivity index (χ4n) is 1.14. The van der Waals surface area contributed by atoms with Gasteiger partial charge in [0.2, 0.25) is 0 Å². The van der Waals surface area contributed by atoms with E-state index in [0.29, 0.717) is 6.10 Å². The molecule has 0 heterocycles. The first kappa shape index (κ1) is 10.9. The van der Waals surface area contributed by atoms with Gasteiger partial charge in [0, 0.05) is 14.1 Å². The number of hydroxylamine groups is 2. The maximum absolute atomic E-state index is 5.46. The molecule has 0 aliphatic rings. The van der Waals surface area contributed by atoms with Gasteiger partial charge in [-0.05, 0) is 19.3 Å². The molecular formula is C9H21NO. The third-order valence-electron chi connectivity index (χ3n) is 1.82. The first-order valence-electron chi connectivity index (χ1n) is 4.40. The van der Waals surface area contributed by atoms with Gasteiger partial charge in [0.15, 0.2) is 0 Å². The average molecular weight is 159 g/mol. The van der Waals surface area contributed by atoms with Crippen LogP contribution in [0.2, 0.25) is 0 Å². The second-order valence-electron chi connectivity index (χ2n) is 3.48. The molecule has 0 saturated heterocycles. The summed E-state index contributed by atoms with van der Waals surface area (Å²) in [5.41, 5.74) is 0. The molecule has 2 atom stereocenters. The molecule has 0 aliphatic carbocycles. The number of rotatable bonds is 5. The quantitative estimate of drug-likeness (QED) is 0.571. The summed E-state index contributed by atoms with van der Waals surface area (Å²) in [6, 6.07) is 0. The highest BCUT2D eigenvalue weighted by Crippen LogP contribution is 2.11. The lowest BCUT2D eigenvalue weighted by molar-refractivity contribution is -0.162. The molecule has 0 rings (SSSR count). The fraction of sp³-hybridized carbons (Fsp3) is 1.00. The Morgan fingerprint density at radius 3 is 2.18 bits per heavy atom. The van der Waals surface area contributed by atoms with Crippen LogP contribution in [0.4, 0.5) is 0 Å². The Bertz CT molecular complexity index is 93.6. The Morgan fingerprint density at radius 2 is 1.82 bits per heavy atom. The summed E-state index contributed by atoms with van der Waals surface area (Å²) in [5.74, 6) is 0.768. The van der Waals surface area contributed by atoms with Gasteiger partial charge in [0.25, 0.3) is 0 Å². The van der Waals surface area contributed by atoms with E-state index >= 15 is 0 Å². The van der Waals surface area contributed by atoms with Gasteiger partial charge >= 0.3 is 0 Å². The van der Waals surface area contributed by atoms with E-state index in [1.165, 1.54) is 6.42 Å². The first-order valence-corrected chi connectivity index (χ1v) is 4.40. The smallest absolute Gasteiger partial charge is 0.0767 e. The van der Waals surface area contributed by atoms with Crippen LogP contribution >= 0.6 is 0 Å². The number of hydrogen-bond acceptors (Lipinski definition) is 2. The van der Waals surface area contributed by atoms with Gasteiger partial charge in [-0.3, -0.25) is 4.84 Å². The van der Waals surface area contributed by atoms with Crippen LogP contribution in [0, 0.1) is 5.92 Å². The van der Waals surface area contributed by atoms with Crippen LogP contribution in [0.25, 0.3) is 0 Å². The van der Waals surface area contributed by atoms with Gasteiger partial charge in [-0.1, -0.05) is 20.3 Å². The number of nitrogens with zero attached hydrogens (tertiary/aromatic N) is 1. The van der Waals surface area contributed by atoms with Crippen molar-refractivity contribution in [3.8, 4) is 0 Å². The Balaban J connectivity index is 3.43. The van der Waals surface area contributed by atoms with Crippen molar-refractivity contribution in [2.75, 3.05) is 14.1 Å². The zero-order valence-electron chi connectivity index (χ0n) is 8.42. The van der Waals surface area contributed by atoms with E-state index in [0.717, 1.165) is 12.3 Å². The van der Waals surface area contributed by atoms with Crippen LogP contribution in [0.15, 0.2) is 0 Å². The van der Waals surface area contributed by atoms with Crippen LogP contribution in [-0.4, -0.2) is 25.3 Å². The fourth-order valence-corrected chi connectivity index (χ4v) is 1.14. The van der Waals surface area contributed by atoms with Crippen molar-refractivity contribution in [1.82, 2.24) is 5.06 Å². The lowest BCUT2D eigenvalue weighted by atomic mass is 10.0. The molecule has 68 valence electrons. The lowest BCUT2D eigenvalue weighted by Crippen LogP contribution is -2.22. The monoisotopic (exact) mass is 159 g/mol. The van der Waals surface area contributed by atoms with Crippen molar-refractivity contribution in [3.05, 3.63) is 0 Å². The molecule has 0 bridgehead atoms. The van der Waals surface area contributed by atoms with Crippen molar-refractivity contribution < 1.29 is 4.84 Å². The van der Waals surface area contributed by atoms with Crippen molar-refractivity contribution in [2.24, 2.45) is 5.92 Å². The van der Waals surface area contributed by atoms with Gasteiger partial charge in [-0.25, -0.2) is 0 Å². The van der Waals surface area contributed by atoms with Gasteiger partial charge in [0.1, 0.15) is 0 Å². The standard InChI is InChI=1S/C9H21NO/c1-6-8(2)7-9(3)11-10(4)5/h8-9H,6-7H2,1-5H3. The SMILES string of the molecule is CCC(C)CC(C)ON(C)C. The molecular weight excluding hydrogens is 138 g/mol. The molecule has 0 aromatic carbocycles. The lowest BCUT2D eigenvalue weighted by Gasteiger charge is -2.20. The zero-order valence-corrected chi connectivity index (χ0v) is 8.42. The molecule has 2 nitrogen and oxygen atoms in total. The molecule has 0 aromatic heterocycles. The predicted molar refractivity (Wildman–Crippen MR) is 48.3 cm³/mol. The molecule has 2 unspecified atom stereocenters. The van der Waals surface area contributed by atoms with E-state index in [1.807, 2.05) is 14.1 Å². The molecule has 0 N–H and O–H groups in total. The molecule has 0 amide bonds. The van der Waals surface area contributed by atoms with Gasteiger partial charge in [-0.2, -0.15) is 5.06 Å². The molecule has 0 radical (unpaired) electrons. The van der Waals surface area contributed by atoms with Gasteiger partial charge in [0.05, 0.1) is 6.10 Å². The Labute approximate surface area is 70.5 Å². The van der Waals surface area contributed by atoms with E-state index in [4.69, 9.17) is 4.84 Å². The largest absolute Gasteiger partial charge is 0.297 e. The van der Waals surface area contributed by atoms with Crippen molar-refractivity contribution >= 4 is 0 Å². The van der Waals surface area contributed by atoms with Crippen molar-refractivity contribution in [1.29, 1.82) is 0 Å². The summed E-state index contributed by atoms with van der Waals surface area (Å²) in [7, 11) is 3.85. The minimum absolute atomic E-state index is 0.347. The molecule has 0 fully saturated rings. The van der Waals surface area contributed by atoms with Crippen molar-refractivity contribution in [2.45, 2.75) is 39.7 Å².